The molecule has 0 atom stereocenters. The molecule has 0 aliphatic rings. The van der Waals surface area contributed by atoms with Crippen molar-refractivity contribution < 1.29 is 13.2 Å². The SMILES string of the molecule is CCn1c(=O)c2c(ncn2Cc2cccc(C(F)(F)F)c2)n(-c2ccc(Cl)cc2)c1=O. The third-order valence-corrected chi connectivity index (χ3v) is 5.16. The van der Waals surface area contributed by atoms with Gasteiger partial charge in [-0.1, -0.05) is 23.7 Å². The lowest BCUT2D eigenvalue weighted by atomic mass is 10.1. The van der Waals surface area contributed by atoms with Crippen molar-refractivity contribution in [3.63, 3.8) is 0 Å². The summed E-state index contributed by atoms with van der Waals surface area (Å²) in [5.74, 6) is 0. The summed E-state index contributed by atoms with van der Waals surface area (Å²) in [6.07, 6.45) is -3.13. The van der Waals surface area contributed by atoms with Gasteiger partial charge in [-0.05, 0) is 48.9 Å². The predicted octanol–water partition coefficient (Wildman–Crippen LogP) is 4.09. The highest BCUT2D eigenvalue weighted by Crippen LogP contribution is 2.29. The first-order valence-corrected chi connectivity index (χ1v) is 9.71. The van der Waals surface area contributed by atoms with Crippen molar-refractivity contribution in [2.24, 2.45) is 0 Å². The highest BCUT2D eigenvalue weighted by molar-refractivity contribution is 6.30. The van der Waals surface area contributed by atoms with Gasteiger partial charge >= 0.3 is 11.9 Å². The fraction of sp³-hybridized carbons (Fsp3) is 0.190. The van der Waals surface area contributed by atoms with Gasteiger partial charge in [0.15, 0.2) is 11.2 Å². The second-order valence-electron chi connectivity index (χ2n) is 6.89. The minimum Gasteiger partial charge on any atom is -0.320 e. The third-order valence-electron chi connectivity index (χ3n) is 4.91. The lowest BCUT2D eigenvalue weighted by Crippen LogP contribution is -2.39. The van der Waals surface area contributed by atoms with Crippen LogP contribution in [0.3, 0.4) is 0 Å². The topological polar surface area (TPSA) is 61.8 Å². The van der Waals surface area contributed by atoms with Crippen molar-refractivity contribution in [2.45, 2.75) is 26.2 Å². The molecule has 2 aromatic carbocycles. The summed E-state index contributed by atoms with van der Waals surface area (Å²) in [7, 11) is 0. The molecule has 0 radical (unpaired) electrons. The Labute approximate surface area is 178 Å². The number of aromatic nitrogens is 4. The van der Waals surface area contributed by atoms with Crippen LogP contribution in [0, 0.1) is 0 Å². The predicted molar refractivity (Wildman–Crippen MR) is 111 cm³/mol. The van der Waals surface area contributed by atoms with Crippen molar-refractivity contribution in [1.29, 1.82) is 0 Å². The van der Waals surface area contributed by atoms with Gasteiger partial charge < -0.3 is 4.57 Å². The molecule has 4 rings (SSSR count). The van der Waals surface area contributed by atoms with Gasteiger partial charge in [-0.3, -0.25) is 9.36 Å². The quantitative estimate of drug-likeness (QED) is 0.472. The van der Waals surface area contributed by atoms with Gasteiger partial charge in [0.05, 0.1) is 17.6 Å². The van der Waals surface area contributed by atoms with Gasteiger partial charge in [-0.2, -0.15) is 13.2 Å². The Balaban J connectivity index is 1.92. The van der Waals surface area contributed by atoms with Gasteiger partial charge in [-0.15, -0.1) is 0 Å². The van der Waals surface area contributed by atoms with E-state index in [1.54, 1.807) is 31.2 Å². The third kappa shape index (κ3) is 3.76. The van der Waals surface area contributed by atoms with Crippen molar-refractivity contribution in [3.05, 3.63) is 91.8 Å². The minimum absolute atomic E-state index is 0.0157. The fourth-order valence-electron chi connectivity index (χ4n) is 3.44. The van der Waals surface area contributed by atoms with E-state index in [4.69, 9.17) is 11.6 Å². The van der Waals surface area contributed by atoms with Crippen LogP contribution in [0.1, 0.15) is 18.1 Å². The minimum atomic E-state index is -4.48. The van der Waals surface area contributed by atoms with Crippen LogP contribution in [0.4, 0.5) is 13.2 Å². The second-order valence-corrected chi connectivity index (χ2v) is 7.32. The van der Waals surface area contributed by atoms with Gasteiger partial charge in [0.1, 0.15) is 0 Å². The maximum atomic E-state index is 13.1. The molecule has 2 heterocycles. The molecule has 0 spiro atoms. The molecule has 0 saturated carbocycles. The zero-order chi connectivity index (χ0) is 22.3. The van der Waals surface area contributed by atoms with Gasteiger partial charge in [0, 0.05) is 18.1 Å². The molecule has 0 N–H and O–H groups in total. The Bertz CT molecular complexity index is 1390. The maximum Gasteiger partial charge on any atom is 0.416 e. The standard InChI is InChI=1S/C21H16ClF3N4O2/c1-2-28-19(30)17-18(29(20(28)31)16-8-6-15(22)7-9-16)26-12-27(17)11-13-4-3-5-14(10-13)21(23,24)25/h3-10,12H,2,11H2,1H3. The van der Waals surface area contributed by atoms with Crippen LogP contribution in [0.25, 0.3) is 16.9 Å². The van der Waals surface area contributed by atoms with Crippen LogP contribution in [0.5, 0.6) is 0 Å². The first kappa shape index (κ1) is 20.9. The summed E-state index contributed by atoms with van der Waals surface area (Å²) < 4.78 is 43.0. The van der Waals surface area contributed by atoms with E-state index in [1.165, 1.54) is 27.6 Å². The first-order chi connectivity index (χ1) is 14.7. The molecule has 0 aliphatic heterocycles. The van der Waals surface area contributed by atoms with Crippen LogP contribution in [0.15, 0.2) is 64.4 Å². The lowest BCUT2D eigenvalue weighted by Gasteiger charge is -2.12. The molecular weight excluding hydrogens is 433 g/mol. The van der Waals surface area contributed by atoms with E-state index < -0.39 is 23.0 Å². The number of alkyl halides is 3. The molecule has 2 aromatic heterocycles. The van der Waals surface area contributed by atoms with E-state index in [1.807, 2.05) is 0 Å². The van der Waals surface area contributed by atoms with Crippen LogP contribution < -0.4 is 11.2 Å². The van der Waals surface area contributed by atoms with Crippen LogP contribution in [-0.2, 0) is 19.3 Å². The van der Waals surface area contributed by atoms with Crippen molar-refractivity contribution >= 4 is 22.8 Å². The van der Waals surface area contributed by atoms with Crippen molar-refractivity contribution in [3.8, 4) is 5.69 Å². The summed E-state index contributed by atoms with van der Waals surface area (Å²) in [4.78, 5) is 30.2. The molecule has 0 bridgehead atoms. The van der Waals surface area contributed by atoms with Gasteiger partial charge in [0.25, 0.3) is 5.56 Å². The zero-order valence-electron chi connectivity index (χ0n) is 16.2. The number of rotatable bonds is 4. The van der Waals surface area contributed by atoms with E-state index in [9.17, 15) is 22.8 Å². The number of hydrogen-bond donors (Lipinski definition) is 0. The normalized spacial score (nSPS) is 11.9. The highest BCUT2D eigenvalue weighted by atomic mass is 35.5. The molecule has 160 valence electrons. The van der Waals surface area contributed by atoms with Crippen LogP contribution >= 0.6 is 11.6 Å². The van der Waals surface area contributed by atoms with Crippen LogP contribution in [0.2, 0.25) is 5.02 Å². The zero-order valence-corrected chi connectivity index (χ0v) is 17.0. The number of fused-ring (bicyclic) bond motifs is 1. The fourth-order valence-corrected chi connectivity index (χ4v) is 3.57. The number of halogens is 4. The smallest absolute Gasteiger partial charge is 0.320 e. The summed E-state index contributed by atoms with van der Waals surface area (Å²) in [6.45, 7) is 1.77. The average Bonchev–Trinajstić information content (AvgIpc) is 3.13. The molecule has 0 unspecified atom stereocenters. The lowest BCUT2D eigenvalue weighted by molar-refractivity contribution is -0.137. The molecule has 0 saturated heterocycles. The molecule has 0 aliphatic carbocycles. The van der Waals surface area contributed by atoms with E-state index >= 15 is 0 Å². The number of nitrogens with zero attached hydrogens (tertiary/aromatic N) is 4. The molecule has 31 heavy (non-hydrogen) atoms. The van der Waals surface area contributed by atoms with Crippen molar-refractivity contribution in [2.75, 3.05) is 0 Å². The average molecular weight is 449 g/mol. The van der Waals surface area contributed by atoms with Gasteiger partial charge in [-0.25, -0.2) is 14.3 Å². The second kappa shape index (κ2) is 7.73. The molecular formula is C21H16ClF3N4O2. The Morgan fingerprint density at radius 2 is 1.77 bits per heavy atom. The molecule has 6 nitrogen and oxygen atoms in total. The Hall–Kier alpha value is -3.33. The first-order valence-electron chi connectivity index (χ1n) is 9.33. The molecule has 0 amide bonds. The summed E-state index contributed by atoms with van der Waals surface area (Å²) in [6, 6.07) is 11.3. The Kier molecular flexibility index (Phi) is 5.22. The number of benzene rings is 2. The molecule has 10 heteroatoms. The highest BCUT2D eigenvalue weighted by Gasteiger charge is 2.30. The largest absolute Gasteiger partial charge is 0.416 e. The summed E-state index contributed by atoms with van der Waals surface area (Å²) in [5, 5.41) is 0.479. The van der Waals surface area contributed by atoms with E-state index in [0.717, 1.165) is 16.7 Å². The monoisotopic (exact) mass is 448 g/mol. The summed E-state index contributed by atoms with van der Waals surface area (Å²) >= 11 is 5.94. The van der Waals surface area contributed by atoms with E-state index in [0.29, 0.717) is 16.3 Å². The Morgan fingerprint density at radius 3 is 2.42 bits per heavy atom. The number of hydrogen-bond acceptors (Lipinski definition) is 3. The van der Waals surface area contributed by atoms with E-state index in [2.05, 4.69) is 4.98 Å². The molecule has 0 fully saturated rings. The summed E-state index contributed by atoms with van der Waals surface area (Å²) in [5.41, 5.74) is -0.850. The maximum absolute atomic E-state index is 13.1. The van der Waals surface area contributed by atoms with Gasteiger partial charge in [0.2, 0.25) is 0 Å². The molecule has 4 aromatic rings. The van der Waals surface area contributed by atoms with Crippen LogP contribution in [-0.4, -0.2) is 18.7 Å². The number of imidazole rings is 1. The van der Waals surface area contributed by atoms with Crippen molar-refractivity contribution in [1.82, 2.24) is 18.7 Å². The van der Waals surface area contributed by atoms with E-state index in [-0.39, 0.29) is 24.3 Å². The Morgan fingerprint density at radius 1 is 1.06 bits per heavy atom.